The Kier molecular flexibility index (Phi) is 6.75. The Morgan fingerprint density at radius 1 is 1.38 bits per heavy atom. The molecule has 73 valence electrons. The normalized spacial score (nSPS) is 15.8. The first-order chi connectivity index (χ1) is 6.19. The van der Waals surface area contributed by atoms with Crippen molar-refractivity contribution in [2.24, 2.45) is 0 Å². The summed E-state index contributed by atoms with van der Waals surface area (Å²) in [5.41, 5.74) is 2.91. The molecule has 0 saturated carbocycles. The average molecular weight is 177 g/mol. The second-order valence-electron chi connectivity index (χ2n) is 3.42. The molecule has 0 aromatic rings. The minimum Gasteiger partial charge on any atom is -0.0914 e. The van der Waals surface area contributed by atoms with Crippen molar-refractivity contribution in [2.75, 3.05) is 0 Å². The first-order valence-electron chi connectivity index (χ1n) is 5.32. The molecule has 1 radical (unpaired) electrons. The van der Waals surface area contributed by atoms with Crippen LogP contribution in [-0.4, -0.2) is 7.28 Å². The molecule has 0 spiro atoms. The molecule has 0 aromatic carbocycles. The standard InChI is InChI=1S/C12H22B/c1-6-10(4)11(7-2)9-12(8-3)13-5/h6,9,12H,7-8H2,1-5H3/b10-6-,11-9+. The largest absolute Gasteiger partial charge is 0.115 e. The van der Waals surface area contributed by atoms with E-state index in [1.807, 2.05) is 0 Å². The van der Waals surface area contributed by atoms with Crippen LogP contribution < -0.4 is 0 Å². The molecular weight excluding hydrogens is 155 g/mol. The zero-order chi connectivity index (χ0) is 10.3. The lowest BCUT2D eigenvalue weighted by Crippen LogP contribution is -1.96. The molecule has 0 amide bonds. The van der Waals surface area contributed by atoms with Crippen LogP contribution in [0.2, 0.25) is 12.6 Å². The summed E-state index contributed by atoms with van der Waals surface area (Å²) in [5.74, 6) is 0.643. The number of hydrogen-bond acceptors (Lipinski definition) is 0. The number of hydrogen-bond donors (Lipinski definition) is 0. The van der Waals surface area contributed by atoms with Gasteiger partial charge in [0.15, 0.2) is 0 Å². The van der Waals surface area contributed by atoms with E-state index in [0.29, 0.717) is 5.82 Å². The van der Waals surface area contributed by atoms with Crippen LogP contribution in [0.15, 0.2) is 23.3 Å². The minimum atomic E-state index is 0.643. The molecule has 0 heterocycles. The van der Waals surface area contributed by atoms with E-state index in [1.54, 1.807) is 0 Å². The summed E-state index contributed by atoms with van der Waals surface area (Å²) in [7, 11) is 2.28. The third-order valence-corrected chi connectivity index (χ3v) is 2.64. The van der Waals surface area contributed by atoms with Gasteiger partial charge in [0.1, 0.15) is 7.28 Å². The van der Waals surface area contributed by atoms with E-state index in [2.05, 4.69) is 53.9 Å². The second-order valence-corrected chi connectivity index (χ2v) is 3.42. The molecule has 1 heteroatoms. The molecule has 13 heavy (non-hydrogen) atoms. The smallest absolute Gasteiger partial charge is 0.0914 e. The lowest BCUT2D eigenvalue weighted by Gasteiger charge is -2.10. The van der Waals surface area contributed by atoms with Gasteiger partial charge >= 0.3 is 0 Å². The predicted octanol–water partition coefficient (Wildman–Crippen LogP) is 4.24. The zero-order valence-electron chi connectivity index (χ0n) is 9.72. The van der Waals surface area contributed by atoms with Crippen LogP contribution in [0.25, 0.3) is 0 Å². The molecule has 0 aromatic heterocycles. The molecule has 1 unspecified atom stereocenters. The highest BCUT2D eigenvalue weighted by Crippen LogP contribution is 2.20. The van der Waals surface area contributed by atoms with Crippen LogP contribution in [0.5, 0.6) is 0 Å². The van der Waals surface area contributed by atoms with Crippen LogP contribution in [-0.2, 0) is 0 Å². The highest BCUT2D eigenvalue weighted by Gasteiger charge is 2.03. The predicted molar refractivity (Wildman–Crippen MR) is 63.5 cm³/mol. The maximum atomic E-state index is 2.40. The lowest BCUT2D eigenvalue weighted by atomic mass is 9.65. The topological polar surface area (TPSA) is 0 Å². The maximum Gasteiger partial charge on any atom is 0.115 e. The molecule has 1 atom stereocenters. The summed E-state index contributed by atoms with van der Waals surface area (Å²) in [6.07, 6.45) is 6.94. The van der Waals surface area contributed by atoms with E-state index < -0.39 is 0 Å². The van der Waals surface area contributed by atoms with Crippen molar-refractivity contribution in [1.82, 2.24) is 0 Å². The third kappa shape index (κ3) is 4.35. The number of rotatable bonds is 5. The second kappa shape index (κ2) is 7.00. The van der Waals surface area contributed by atoms with Crippen molar-refractivity contribution in [3.8, 4) is 0 Å². The summed E-state index contributed by atoms with van der Waals surface area (Å²) in [6, 6.07) is 0. The van der Waals surface area contributed by atoms with Crippen molar-refractivity contribution in [3.05, 3.63) is 23.3 Å². The molecule has 0 rings (SSSR count). The molecular formula is C12H22B. The highest BCUT2D eigenvalue weighted by molar-refractivity contribution is 6.36. The van der Waals surface area contributed by atoms with Crippen molar-refractivity contribution in [1.29, 1.82) is 0 Å². The Morgan fingerprint density at radius 2 is 2.00 bits per heavy atom. The van der Waals surface area contributed by atoms with Gasteiger partial charge in [-0.2, -0.15) is 0 Å². The molecule has 0 fully saturated rings. The van der Waals surface area contributed by atoms with Gasteiger partial charge in [-0.3, -0.25) is 0 Å². The van der Waals surface area contributed by atoms with Crippen molar-refractivity contribution in [3.63, 3.8) is 0 Å². The van der Waals surface area contributed by atoms with Gasteiger partial charge < -0.3 is 0 Å². The van der Waals surface area contributed by atoms with Gasteiger partial charge in [-0.25, -0.2) is 0 Å². The van der Waals surface area contributed by atoms with Crippen LogP contribution in [0.1, 0.15) is 40.5 Å². The Bertz CT molecular complexity index is 185. The Morgan fingerprint density at radius 3 is 2.31 bits per heavy atom. The Hall–Kier alpha value is -0.455. The van der Waals surface area contributed by atoms with E-state index in [-0.39, 0.29) is 0 Å². The van der Waals surface area contributed by atoms with Crippen LogP contribution >= 0.6 is 0 Å². The Labute approximate surface area is 84.4 Å². The van der Waals surface area contributed by atoms with Crippen molar-refractivity contribution in [2.45, 2.75) is 53.2 Å². The van der Waals surface area contributed by atoms with Gasteiger partial charge in [-0.1, -0.05) is 56.2 Å². The fourth-order valence-electron chi connectivity index (χ4n) is 1.42. The van der Waals surface area contributed by atoms with E-state index in [1.165, 1.54) is 17.6 Å². The summed E-state index contributed by atoms with van der Waals surface area (Å²) >= 11 is 0. The summed E-state index contributed by atoms with van der Waals surface area (Å²) in [4.78, 5) is 0. The summed E-state index contributed by atoms with van der Waals surface area (Å²) in [5, 5.41) is 0. The summed E-state index contributed by atoms with van der Waals surface area (Å²) < 4.78 is 0. The van der Waals surface area contributed by atoms with Gasteiger partial charge in [0.25, 0.3) is 0 Å². The van der Waals surface area contributed by atoms with Crippen molar-refractivity contribution < 1.29 is 0 Å². The quantitative estimate of drug-likeness (QED) is 0.435. The van der Waals surface area contributed by atoms with Gasteiger partial charge in [0.2, 0.25) is 0 Å². The Balaban J connectivity index is 4.54. The molecule has 0 aliphatic rings. The summed E-state index contributed by atoms with van der Waals surface area (Å²) in [6.45, 7) is 10.9. The van der Waals surface area contributed by atoms with Gasteiger partial charge in [0, 0.05) is 0 Å². The molecule has 0 nitrogen and oxygen atoms in total. The number of allylic oxidation sites excluding steroid dienone is 4. The van der Waals surface area contributed by atoms with Crippen LogP contribution in [0.4, 0.5) is 0 Å². The first kappa shape index (κ1) is 12.5. The average Bonchev–Trinajstić information content (AvgIpc) is 2.19. The van der Waals surface area contributed by atoms with E-state index >= 15 is 0 Å². The van der Waals surface area contributed by atoms with E-state index in [9.17, 15) is 0 Å². The van der Waals surface area contributed by atoms with Crippen molar-refractivity contribution >= 4 is 7.28 Å². The van der Waals surface area contributed by atoms with Crippen LogP contribution in [0, 0.1) is 0 Å². The zero-order valence-corrected chi connectivity index (χ0v) is 9.72. The highest BCUT2D eigenvalue weighted by atomic mass is 14.0. The molecule has 0 N–H and O–H groups in total. The van der Waals surface area contributed by atoms with Gasteiger partial charge in [-0.05, 0) is 20.3 Å². The fourth-order valence-corrected chi connectivity index (χ4v) is 1.42. The molecule has 0 aliphatic carbocycles. The van der Waals surface area contributed by atoms with Gasteiger partial charge in [-0.15, -0.1) is 0 Å². The van der Waals surface area contributed by atoms with E-state index in [4.69, 9.17) is 0 Å². The monoisotopic (exact) mass is 177 g/mol. The minimum absolute atomic E-state index is 0.643. The maximum absolute atomic E-state index is 2.40. The van der Waals surface area contributed by atoms with E-state index in [0.717, 1.165) is 6.42 Å². The molecule has 0 aliphatic heterocycles. The lowest BCUT2D eigenvalue weighted by molar-refractivity contribution is 0.922. The molecule has 0 bridgehead atoms. The van der Waals surface area contributed by atoms with Crippen LogP contribution in [0.3, 0.4) is 0 Å². The fraction of sp³-hybridized carbons (Fsp3) is 0.667. The third-order valence-electron chi connectivity index (χ3n) is 2.64. The SMILES string of the molecule is C[B]C(/C=C(CC)/C(C)=C\C)CC. The first-order valence-corrected chi connectivity index (χ1v) is 5.32. The molecule has 0 saturated heterocycles. The van der Waals surface area contributed by atoms with Gasteiger partial charge in [0.05, 0.1) is 0 Å².